The van der Waals surface area contributed by atoms with E-state index in [9.17, 15) is 41.4 Å². The number of carbonyl (C=O) groups is 2. The topological polar surface area (TPSA) is 95.7 Å². The molecule has 0 bridgehead atoms. The number of piperidine rings is 1. The number of benzene rings is 4. The average molecular weight is 747 g/mol. The van der Waals surface area contributed by atoms with E-state index in [0.29, 0.717) is 48.0 Å². The second-order valence-electron chi connectivity index (χ2n) is 14.0. The van der Waals surface area contributed by atoms with Crippen LogP contribution in [0.4, 0.5) is 22.0 Å². The zero-order valence-corrected chi connectivity index (χ0v) is 29.7. The van der Waals surface area contributed by atoms with Crippen LogP contribution >= 0.6 is 0 Å². The number of aromatic nitrogens is 2. The van der Waals surface area contributed by atoms with Gasteiger partial charge in [-0.15, -0.1) is 0 Å². The number of aliphatic carboxylic acids is 1. The van der Waals surface area contributed by atoms with Crippen molar-refractivity contribution in [3.8, 4) is 11.1 Å². The highest BCUT2D eigenvalue weighted by atomic mass is 19.4. The molecule has 1 aromatic heterocycles. The van der Waals surface area contributed by atoms with Gasteiger partial charge in [-0.3, -0.25) is 19.3 Å². The zero-order valence-electron chi connectivity index (χ0n) is 29.7. The van der Waals surface area contributed by atoms with Crippen molar-refractivity contribution in [1.29, 1.82) is 0 Å². The van der Waals surface area contributed by atoms with Crippen LogP contribution in [0.15, 0.2) is 95.8 Å². The van der Waals surface area contributed by atoms with Crippen LogP contribution < -0.4 is 5.56 Å². The molecule has 282 valence electrons. The van der Waals surface area contributed by atoms with Crippen LogP contribution in [0, 0.1) is 11.6 Å². The number of aryl methyl sites for hydroxylation is 2. The molecular weight excluding hydrogens is 707 g/mol. The number of hydrogen-bond acceptors (Lipinski definition) is 5. The predicted octanol–water partition coefficient (Wildman–Crippen LogP) is 7.50. The van der Waals surface area contributed by atoms with Crippen molar-refractivity contribution < 1.29 is 36.6 Å². The normalized spacial score (nSPS) is 14.4. The number of alkyl halides is 3. The molecule has 1 aliphatic heterocycles. The Morgan fingerprint density at radius 1 is 0.852 bits per heavy atom. The van der Waals surface area contributed by atoms with Gasteiger partial charge in [0.1, 0.15) is 17.9 Å². The number of halogens is 5. The summed E-state index contributed by atoms with van der Waals surface area (Å²) in [6.45, 7) is 4.08. The summed E-state index contributed by atoms with van der Waals surface area (Å²) in [6.07, 6.45) is -3.41. The molecule has 0 unspecified atom stereocenters. The van der Waals surface area contributed by atoms with Gasteiger partial charge < -0.3 is 14.6 Å². The molecule has 1 aliphatic rings. The Hall–Kier alpha value is -5.43. The summed E-state index contributed by atoms with van der Waals surface area (Å²) < 4.78 is 69.6. The van der Waals surface area contributed by atoms with E-state index in [1.54, 1.807) is 59.7 Å². The van der Waals surface area contributed by atoms with Crippen molar-refractivity contribution in [3.63, 3.8) is 0 Å². The van der Waals surface area contributed by atoms with Crippen LogP contribution in [0.25, 0.3) is 22.0 Å². The minimum absolute atomic E-state index is 0.0232. The lowest BCUT2D eigenvalue weighted by molar-refractivity contribution is -0.151. The van der Waals surface area contributed by atoms with Gasteiger partial charge in [0.05, 0.1) is 16.5 Å². The molecule has 4 aromatic carbocycles. The van der Waals surface area contributed by atoms with Gasteiger partial charge >= 0.3 is 12.1 Å². The summed E-state index contributed by atoms with van der Waals surface area (Å²) in [4.78, 5) is 47.5. The zero-order chi connectivity index (χ0) is 38.8. The minimum atomic E-state index is -4.45. The number of nitrogens with zero attached hydrogens (tertiary/aromatic N) is 4. The highest BCUT2D eigenvalue weighted by Crippen LogP contribution is 2.32. The standard InChI is InChI=1S/C41H39F5N4O4/c1-40(2,39(53)54)48-22-20-31(21-23-48)49(24-26-10-12-27(13-11-26)28-14-17-30(18-15-28)41(44,45)46)36(51)25-50-34-9-4-3-7-32(34)38(52)47-35(50)19-16-29-6-5-8-33(42)37(29)43/h3-15,17-18,31H,16,19-25H2,1-2H3,(H,53,54). The molecule has 5 aromatic rings. The van der Waals surface area contributed by atoms with E-state index < -0.39 is 40.4 Å². The van der Waals surface area contributed by atoms with E-state index >= 15 is 0 Å². The number of carbonyl (C=O) groups excluding carboxylic acids is 1. The van der Waals surface area contributed by atoms with Crippen LogP contribution in [-0.4, -0.2) is 61.0 Å². The monoisotopic (exact) mass is 746 g/mol. The Bertz CT molecular complexity index is 2210. The maximum atomic E-state index is 14.6. The van der Waals surface area contributed by atoms with E-state index in [4.69, 9.17) is 0 Å². The van der Waals surface area contributed by atoms with Crippen LogP contribution in [0.5, 0.6) is 0 Å². The van der Waals surface area contributed by atoms with E-state index in [0.717, 1.165) is 23.8 Å². The molecule has 0 aliphatic carbocycles. The molecule has 0 atom stereocenters. The van der Waals surface area contributed by atoms with Crippen molar-refractivity contribution in [2.45, 2.75) is 70.4 Å². The van der Waals surface area contributed by atoms with Crippen LogP contribution in [0.2, 0.25) is 0 Å². The Kier molecular flexibility index (Phi) is 11.0. The smallest absolute Gasteiger partial charge is 0.416 e. The summed E-state index contributed by atoms with van der Waals surface area (Å²) in [5, 5.41) is 10.1. The van der Waals surface area contributed by atoms with Crippen LogP contribution in [-0.2, 0) is 41.7 Å². The first-order valence-corrected chi connectivity index (χ1v) is 17.6. The number of rotatable bonds is 11. The number of para-hydroxylation sites is 1. The molecule has 13 heteroatoms. The maximum Gasteiger partial charge on any atom is 0.416 e. The van der Waals surface area contributed by atoms with Gasteiger partial charge in [0.25, 0.3) is 5.56 Å². The SMILES string of the molecule is CC(C)(C(=O)O)N1CCC(N(Cc2ccc(-c3ccc(C(F)(F)F)cc3)cc2)C(=O)Cn2c(CCc3cccc(F)c3F)nc(=O)c3ccccc32)CC1. The van der Waals surface area contributed by atoms with Gasteiger partial charge in [-0.1, -0.05) is 60.7 Å². The Labute approximate surface area is 308 Å². The van der Waals surface area contributed by atoms with Gasteiger partial charge in [0, 0.05) is 32.1 Å². The third kappa shape index (κ3) is 8.20. The highest BCUT2D eigenvalue weighted by molar-refractivity contribution is 5.82. The van der Waals surface area contributed by atoms with Gasteiger partial charge in [-0.2, -0.15) is 18.2 Å². The number of amides is 1. The molecule has 0 saturated carbocycles. The van der Waals surface area contributed by atoms with Crippen molar-refractivity contribution >= 4 is 22.8 Å². The third-order valence-corrected chi connectivity index (χ3v) is 10.3. The minimum Gasteiger partial charge on any atom is -0.480 e. The molecule has 0 radical (unpaired) electrons. The number of carboxylic acids is 1. The molecule has 8 nitrogen and oxygen atoms in total. The fourth-order valence-corrected chi connectivity index (χ4v) is 6.99. The number of carboxylic acid groups (broad SMARTS) is 1. The molecule has 1 fully saturated rings. The summed E-state index contributed by atoms with van der Waals surface area (Å²) in [7, 11) is 0. The summed E-state index contributed by atoms with van der Waals surface area (Å²) in [5.74, 6) is -3.00. The second kappa shape index (κ2) is 15.5. The second-order valence-corrected chi connectivity index (χ2v) is 14.0. The largest absolute Gasteiger partial charge is 0.480 e. The average Bonchev–Trinajstić information content (AvgIpc) is 3.15. The Balaban J connectivity index is 1.31. The number of fused-ring (bicyclic) bond motifs is 1. The highest BCUT2D eigenvalue weighted by Gasteiger charge is 2.38. The molecule has 1 saturated heterocycles. The van der Waals surface area contributed by atoms with Gasteiger partial charge in [0.15, 0.2) is 11.6 Å². The fourth-order valence-electron chi connectivity index (χ4n) is 6.99. The molecule has 1 N–H and O–H groups in total. The van der Waals surface area contributed by atoms with Gasteiger partial charge in [-0.05, 0) is 85.7 Å². The van der Waals surface area contributed by atoms with Crippen molar-refractivity contribution in [2.75, 3.05) is 13.1 Å². The summed E-state index contributed by atoms with van der Waals surface area (Å²) in [5.41, 5.74) is 0.250. The molecular formula is C41H39F5N4O4. The van der Waals surface area contributed by atoms with E-state index in [2.05, 4.69) is 4.98 Å². The Morgan fingerprint density at radius 3 is 2.11 bits per heavy atom. The van der Waals surface area contributed by atoms with E-state index in [1.165, 1.54) is 24.3 Å². The fraction of sp³-hybridized carbons (Fsp3) is 0.317. The lowest BCUT2D eigenvalue weighted by Crippen LogP contribution is -2.56. The summed E-state index contributed by atoms with van der Waals surface area (Å²) >= 11 is 0. The first-order valence-electron chi connectivity index (χ1n) is 17.6. The molecule has 1 amide bonds. The van der Waals surface area contributed by atoms with E-state index in [-0.39, 0.29) is 49.3 Å². The first kappa shape index (κ1) is 38.3. The van der Waals surface area contributed by atoms with Crippen LogP contribution in [0.1, 0.15) is 49.2 Å². The number of likely N-dealkylation sites (tertiary alicyclic amines) is 1. The van der Waals surface area contributed by atoms with Crippen LogP contribution in [0.3, 0.4) is 0 Å². The Morgan fingerprint density at radius 2 is 1.48 bits per heavy atom. The van der Waals surface area contributed by atoms with Gasteiger partial charge in [0.2, 0.25) is 5.91 Å². The van der Waals surface area contributed by atoms with Crippen molar-refractivity contribution in [2.24, 2.45) is 0 Å². The third-order valence-electron chi connectivity index (χ3n) is 10.3. The maximum absolute atomic E-state index is 14.6. The quantitative estimate of drug-likeness (QED) is 0.141. The van der Waals surface area contributed by atoms with E-state index in [1.807, 2.05) is 17.0 Å². The predicted molar refractivity (Wildman–Crippen MR) is 194 cm³/mol. The lowest BCUT2D eigenvalue weighted by Gasteiger charge is -2.43. The van der Waals surface area contributed by atoms with Gasteiger partial charge in [-0.25, -0.2) is 8.78 Å². The molecule has 6 rings (SSSR count). The van der Waals surface area contributed by atoms with Crippen molar-refractivity contribution in [3.05, 3.63) is 135 Å². The number of hydrogen-bond donors (Lipinski definition) is 1. The summed E-state index contributed by atoms with van der Waals surface area (Å²) in [6, 6.07) is 22.4. The first-order chi connectivity index (χ1) is 25.6. The lowest BCUT2D eigenvalue weighted by atomic mass is 9.95. The molecule has 2 heterocycles. The molecule has 0 spiro atoms. The van der Waals surface area contributed by atoms with Crippen molar-refractivity contribution in [1.82, 2.24) is 19.4 Å². The molecule has 54 heavy (non-hydrogen) atoms.